The number of rotatable bonds is 6. The topological polar surface area (TPSA) is 136 Å². The number of esters is 1. The maximum absolute atomic E-state index is 13.6. The molecule has 0 bridgehead atoms. The number of para-hydroxylation sites is 1. The number of fused-ring (bicyclic) bond motifs is 2. The van der Waals surface area contributed by atoms with Crippen LogP contribution >= 0.6 is 11.3 Å². The standard InChI is InChI=1S/C28H20N6O5S/c1-2-39-27(38)16-9-11-18(12-10-16)30-21(35)15-33-20-8-4-3-7-19(20)22(25(33)36)23-26(37)34-28(40-23)31-24(32-34)17-6-5-13-29-14-17/h3-14H,2,15H2,1H3,(H,30,35)/b23-22-. The number of benzene rings is 2. The Morgan fingerprint density at radius 3 is 2.55 bits per heavy atom. The van der Waals surface area contributed by atoms with Gasteiger partial charge >= 0.3 is 5.97 Å². The number of carbonyl (C=O) groups is 3. The zero-order chi connectivity index (χ0) is 27.8. The summed E-state index contributed by atoms with van der Waals surface area (Å²) in [6, 6.07) is 16.8. The molecule has 0 saturated heterocycles. The molecule has 0 atom stereocenters. The number of anilines is 2. The minimum Gasteiger partial charge on any atom is -0.462 e. The smallest absolute Gasteiger partial charge is 0.338 e. The Labute approximate surface area is 230 Å². The van der Waals surface area contributed by atoms with E-state index in [0.717, 1.165) is 11.3 Å². The lowest BCUT2D eigenvalue weighted by Gasteiger charge is -2.16. The maximum Gasteiger partial charge on any atom is 0.338 e. The van der Waals surface area contributed by atoms with E-state index in [4.69, 9.17) is 4.74 Å². The van der Waals surface area contributed by atoms with Crippen molar-refractivity contribution in [2.75, 3.05) is 23.4 Å². The van der Waals surface area contributed by atoms with Crippen LogP contribution in [-0.2, 0) is 14.3 Å². The van der Waals surface area contributed by atoms with Crippen molar-refractivity contribution < 1.29 is 19.1 Å². The highest BCUT2D eigenvalue weighted by Gasteiger charge is 2.35. The first-order valence-corrected chi connectivity index (χ1v) is 13.1. The van der Waals surface area contributed by atoms with Crippen LogP contribution in [0, 0.1) is 0 Å². The predicted octanol–water partition coefficient (Wildman–Crippen LogP) is 2.29. The Balaban J connectivity index is 1.30. The fourth-order valence-electron chi connectivity index (χ4n) is 4.41. The van der Waals surface area contributed by atoms with Gasteiger partial charge in [0.2, 0.25) is 10.9 Å². The molecule has 6 rings (SSSR count). The zero-order valence-electron chi connectivity index (χ0n) is 21.0. The zero-order valence-corrected chi connectivity index (χ0v) is 21.8. The van der Waals surface area contributed by atoms with E-state index in [1.807, 2.05) is 0 Å². The van der Waals surface area contributed by atoms with Crippen molar-refractivity contribution in [3.63, 3.8) is 0 Å². The molecule has 5 aromatic rings. The van der Waals surface area contributed by atoms with E-state index in [1.165, 1.54) is 9.42 Å². The van der Waals surface area contributed by atoms with Crippen molar-refractivity contribution in [3.05, 3.63) is 99.1 Å². The summed E-state index contributed by atoms with van der Waals surface area (Å²) in [6.07, 6.45) is 3.24. The minimum atomic E-state index is -0.469. The summed E-state index contributed by atoms with van der Waals surface area (Å²) >= 11 is 1.07. The molecule has 1 aliphatic rings. The molecule has 2 aromatic carbocycles. The van der Waals surface area contributed by atoms with E-state index >= 15 is 0 Å². The van der Waals surface area contributed by atoms with E-state index in [1.54, 1.807) is 80.0 Å². The van der Waals surface area contributed by atoms with Crippen LogP contribution in [-0.4, -0.2) is 50.5 Å². The molecule has 0 aliphatic carbocycles. The number of ether oxygens (including phenoxy) is 1. The highest BCUT2D eigenvalue weighted by Crippen LogP contribution is 2.35. The Bertz CT molecular complexity index is 1900. The number of nitrogens with zero attached hydrogens (tertiary/aromatic N) is 5. The fraction of sp³-hybridized carbons (Fsp3) is 0.107. The van der Waals surface area contributed by atoms with Gasteiger partial charge in [-0.2, -0.15) is 9.50 Å². The van der Waals surface area contributed by atoms with Crippen molar-refractivity contribution in [2.45, 2.75) is 6.92 Å². The molecular weight excluding hydrogens is 532 g/mol. The van der Waals surface area contributed by atoms with Gasteiger partial charge in [-0.15, -0.1) is 5.10 Å². The molecule has 0 radical (unpaired) electrons. The molecule has 1 N–H and O–H groups in total. The first-order chi connectivity index (χ1) is 19.4. The van der Waals surface area contributed by atoms with Crippen LogP contribution in [0.2, 0.25) is 0 Å². The summed E-state index contributed by atoms with van der Waals surface area (Å²) in [5, 5.41) is 7.07. The highest BCUT2D eigenvalue weighted by atomic mass is 32.1. The highest BCUT2D eigenvalue weighted by molar-refractivity contribution is 7.15. The summed E-state index contributed by atoms with van der Waals surface area (Å²) in [4.78, 5) is 62.0. The molecule has 0 fully saturated rings. The summed E-state index contributed by atoms with van der Waals surface area (Å²) in [7, 11) is 0. The SMILES string of the molecule is CCOC(=O)c1ccc(NC(=O)CN2C(=O)/C(=c3\sc4nc(-c5cccnc5)nn4c3=O)c3ccccc32)cc1. The second-order valence-electron chi connectivity index (χ2n) is 8.74. The summed E-state index contributed by atoms with van der Waals surface area (Å²) in [5.74, 6) is -1.01. The second-order valence-corrected chi connectivity index (χ2v) is 9.71. The van der Waals surface area contributed by atoms with Crippen molar-refractivity contribution in [1.82, 2.24) is 19.6 Å². The van der Waals surface area contributed by atoms with E-state index in [-0.39, 0.29) is 23.3 Å². The quantitative estimate of drug-likeness (QED) is 0.317. The normalized spacial score (nSPS) is 13.9. The number of carbonyl (C=O) groups excluding carboxylic acids is 3. The molecule has 11 nitrogen and oxygen atoms in total. The molecule has 40 heavy (non-hydrogen) atoms. The first kappa shape index (κ1) is 25.1. The van der Waals surface area contributed by atoms with Crippen molar-refractivity contribution >= 4 is 51.0 Å². The molecule has 12 heteroatoms. The number of thiazole rings is 1. The minimum absolute atomic E-state index is 0.197. The van der Waals surface area contributed by atoms with Crippen molar-refractivity contribution in [2.24, 2.45) is 0 Å². The molecule has 2 amide bonds. The maximum atomic E-state index is 13.6. The Hall–Kier alpha value is -5.23. The lowest BCUT2D eigenvalue weighted by molar-refractivity contribution is -0.118. The van der Waals surface area contributed by atoms with Gasteiger partial charge in [-0.1, -0.05) is 29.5 Å². The van der Waals surface area contributed by atoms with Gasteiger partial charge < -0.3 is 10.1 Å². The number of nitrogens with one attached hydrogen (secondary N) is 1. The molecular formula is C28H20N6O5S. The Morgan fingerprint density at radius 1 is 1.02 bits per heavy atom. The van der Waals surface area contributed by atoms with E-state index < -0.39 is 23.3 Å². The van der Waals surface area contributed by atoms with Crippen molar-refractivity contribution in [1.29, 1.82) is 0 Å². The Kier molecular flexibility index (Phi) is 6.36. The van der Waals surface area contributed by atoms with E-state index in [0.29, 0.717) is 38.9 Å². The van der Waals surface area contributed by atoms with Crippen LogP contribution < -0.4 is 20.3 Å². The van der Waals surface area contributed by atoms with E-state index in [9.17, 15) is 19.2 Å². The van der Waals surface area contributed by atoms with Gasteiger partial charge in [0.25, 0.3) is 11.5 Å². The fourth-order valence-corrected chi connectivity index (χ4v) is 5.41. The third-order valence-corrected chi connectivity index (χ3v) is 7.24. The van der Waals surface area contributed by atoms with Gasteiger partial charge in [0.15, 0.2) is 5.82 Å². The second kappa shape index (κ2) is 10.2. The van der Waals surface area contributed by atoms with Gasteiger partial charge in [0.1, 0.15) is 11.1 Å². The largest absolute Gasteiger partial charge is 0.462 e. The first-order valence-electron chi connectivity index (χ1n) is 12.3. The van der Waals surface area contributed by atoms with Gasteiger partial charge in [0, 0.05) is 29.2 Å². The number of hydrogen-bond acceptors (Lipinski definition) is 9. The number of pyridine rings is 1. The monoisotopic (exact) mass is 552 g/mol. The molecule has 0 unspecified atom stereocenters. The summed E-state index contributed by atoms with van der Waals surface area (Å²) < 4.78 is 6.35. The van der Waals surface area contributed by atoms with Crippen LogP contribution in [0.15, 0.2) is 77.9 Å². The number of hydrogen-bond donors (Lipinski definition) is 1. The van der Waals surface area contributed by atoms with E-state index in [2.05, 4.69) is 20.4 Å². The molecule has 0 saturated carbocycles. The molecule has 0 spiro atoms. The predicted molar refractivity (Wildman–Crippen MR) is 148 cm³/mol. The summed E-state index contributed by atoms with van der Waals surface area (Å²) in [5.41, 5.74) is 2.29. The van der Waals surface area contributed by atoms with Gasteiger partial charge in [0.05, 0.1) is 23.4 Å². The molecule has 1 aliphatic heterocycles. The van der Waals surface area contributed by atoms with Crippen LogP contribution in [0.4, 0.5) is 11.4 Å². The van der Waals surface area contributed by atoms with Crippen LogP contribution in [0.25, 0.3) is 21.9 Å². The van der Waals surface area contributed by atoms with Crippen LogP contribution in [0.1, 0.15) is 22.8 Å². The van der Waals surface area contributed by atoms with Gasteiger partial charge in [-0.3, -0.25) is 24.3 Å². The molecule has 4 heterocycles. The Morgan fingerprint density at radius 2 is 1.82 bits per heavy atom. The van der Waals surface area contributed by atoms with Crippen LogP contribution in [0.3, 0.4) is 0 Å². The third kappa shape index (κ3) is 4.39. The molecule has 3 aromatic heterocycles. The number of aromatic nitrogens is 4. The average Bonchev–Trinajstić information content (AvgIpc) is 3.60. The van der Waals surface area contributed by atoms with Crippen molar-refractivity contribution in [3.8, 4) is 11.4 Å². The average molecular weight is 553 g/mol. The lowest BCUT2D eigenvalue weighted by Crippen LogP contribution is -2.37. The third-order valence-electron chi connectivity index (χ3n) is 6.21. The van der Waals surface area contributed by atoms with Crippen LogP contribution in [0.5, 0.6) is 0 Å². The summed E-state index contributed by atoms with van der Waals surface area (Å²) in [6.45, 7) is 1.70. The lowest BCUT2D eigenvalue weighted by atomic mass is 10.1. The van der Waals surface area contributed by atoms with Gasteiger partial charge in [-0.05, 0) is 49.4 Å². The van der Waals surface area contributed by atoms with Gasteiger partial charge in [-0.25, -0.2) is 4.79 Å². The number of amides is 2. The molecule has 198 valence electrons.